The van der Waals surface area contributed by atoms with E-state index < -0.39 is 6.09 Å². The Labute approximate surface area is 96.9 Å². The van der Waals surface area contributed by atoms with Crippen LogP contribution in [0.15, 0.2) is 0 Å². The van der Waals surface area contributed by atoms with Gasteiger partial charge in [0, 0.05) is 6.42 Å². The Hall–Kier alpha value is -1.06. The Kier molecular flexibility index (Phi) is 5.29. The molecule has 1 saturated heterocycles. The number of unbranched alkanes of at least 4 members (excludes halogenated alkanes) is 1. The van der Waals surface area contributed by atoms with Gasteiger partial charge in [0.1, 0.15) is 6.61 Å². The second-order valence-electron chi connectivity index (χ2n) is 4.28. The van der Waals surface area contributed by atoms with Gasteiger partial charge in [-0.25, -0.2) is 9.69 Å². The van der Waals surface area contributed by atoms with Crippen molar-refractivity contribution in [1.29, 1.82) is 0 Å². The summed E-state index contributed by atoms with van der Waals surface area (Å²) >= 11 is 0. The number of hydrogen-bond acceptors (Lipinski definition) is 3. The van der Waals surface area contributed by atoms with E-state index in [0.717, 1.165) is 25.7 Å². The second kappa shape index (κ2) is 6.51. The molecule has 1 rings (SSSR count). The van der Waals surface area contributed by atoms with Crippen molar-refractivity contribution in [3.05, 3.63) is 0 Å². The summed E-state index contributed by atoms with van der Waals surface area (Å²) in [7, 11) is 0. The van der Waals surface area contributed by atoms with Gasteiger partial charge in [-0.05, 0) is 12.3 Å². The summed E-state index contributed by atoms with van der Waals surface area (Å²) in [5.41, 5.74) is 0. The maximum atomic E-state index is 11.8. The molecule has 0 aliphatic carbocycles. The van der Waals surface area contributed by atoms with Gasteiger partial charge in [-0.1, -0.05) is 33.1 Å². The van der Waals surface area contributed by atoms with E-state index in [0.29, 0.717) is 25.5 Å². The molecule has 1 aliphatic rings. The molecule has 0 aromatic heterocycles. The van der Waals surface area contributed by atoms with E-state index >= 15 is 0 Å². The fraction of sp³-hybridized carbons (Fsp3) is 0.833. The van der Waals surface area contributed by atoms with Crippen molar-refractivity contribution in [3.8, 4) is 0 Å². The number of hydrogen-bond donors (Lipinski definition) is 0. The van der Waals surface area contributed by atoms with Crippen LogP contribution in [0.25, 0.3) is 0 Å². The molecule has 1 fully saturated rings. The summed E-state index contributed by atoms with van der Waals surface area (Å²) in [5, 5.41) is 0. The Bertz CT molecular complexity index is 253. The average Bonchev–Trinajstić information content (AvgIpc) is 2.70. The van der Waals surface area contributed by atoms with E-state index in [2.05, 4.69) is 13.8 Å². The number of cyclic esters (lactones) is 1. The van der Waals surface area contributed by atoms with Crippen LogP contribution in [-0.4, -0.2) is 30.1 Å². The van der Waals surface area contributed by atoms with Gasteiger partial charge in [0.25, 0.3) is 0 Å². The van der Waals surface area contributed by atoms with Crippen molar-refractivity contribution in [3.63, 3.8) is 0 Å². The van der Waals surface area contributed by atoms with Crippen LogP contribution in [0.2, 0.25) is 0 Å². The van der Waals surface area contributed by atoms with E-state index in [1.165, 1.54) is 4.90 Å². The van der Waals surface area contributed by atoms with Crippen molar-refractivity contribution in [2.75, 3.05) is 13.2 Å². The van der Waals surface area contributed by atoms with E-state index in [9.17, 15) is 9.59 Å². The normalized spacial score (nSPS) is 17.4. The second-order valence-corrected chi connectivity index (χ2v) is 4.28. The number of amides is 2. The Morgan fingerprint density at radius 2 is 2.25 bits per heavy atom. The molecular formula is C12H21NO3. The predicted octanol–water partition coefficient (Wildman–Crippen LogP) is 2.57. The predicted molar refractivity (Wildman–Crippen MR) is 61.0 cm³/mol. The standard InChI is InChI=1S/C12H21NO3/c1-3-5-6-10(4-2)9-11(14)13-7-8-16-12(13)15/h10H,3-9H2,1-2H3. The van der Waals surface area contributed by atoms with Gasteiger partial charge in [0.2, 0.25) is 5.91 Å². The number of imide groups is 1. The molecule has 1 heterocycles. The first-order valence-corrected chi connectivity index (χ1v) is 6.16. The molecule has 0 spiro atoms. The topological polar surface area (TPSA) is 46.6 Å². The number of ether oxygens (including phenoxy) is 1. The minimum atomic E-state index is -0.477. The molecule has 16 heavy (non-hydrogen) atoms. The van der Waals surface area contributed by atoms with E-state index in [1.54, 1.807) is 0 Å². The van der Waals surface area contributed by atoms with Crippen LogP contribution in [0.4, 0.5) is 4.79 Å². The maximum Gasteiger partial charge on any atom is 0.416 e. The molecule has 1 atom stereocenters. The number of nitrogens with zero attached hydrogens (tertiary/aromatic N) is 1. The molecule has 0 radical (unpaired) electrons. The largest absolute Gasteiger partial charge is 0.447 e. The fourth-order valence-electron chi connectivity index (χ4n) is 1.92. The Morgan fingerprint density at radius 1 is 1.50 bits per heavy atom. The molecule has 0 bridgehead atoms. The lowest BCUT2D eigenvalue weighted by molar-refractivity contribution is -0.128. The highest BCUT2D eigenvalue weighted by molar-refractivity contribution is 5.93. The number of rotatable bonds is 6. The average molecular weight is 227 g/mol. The van der Waals surface area contributed by atoms with Crippen molar-refractivity contribution in [2.24, 2.45) is 5.92 Å². The maximum absolute atomic E-state index is 11.8. The zero-order chi connectivity index (χ0) is 12.0. The van der Waals surface area contributed by atoms with E-state index in [-0.39, 0.29) is 5.91 Å². The molecule has 4 heteroatoms. The molecule has 0 aromatic carbocycles. The van der Waals surface area contributed by atoms with Crippen molar-refractivity contribution >= 4 is 12.0 Å². The molecule has 1 unspecified atom stereocenters. The SMILES string of the molecule is CCCCC(CC)CC(=O)N1CCOC1=O. The van der Waals surface area contributed by atoms with E-state index in [4.69, 9.17) is 4.74 Å². The fourth-order valence-corrected chi connectivity index (χ4v) is 1.92. The van der Waals surface area contributed by atoms with Crippen LogP contribution in [0.5, 0.6) is 0 Å². The van der Waals surface area contributed by atoms with Crippen LogP contribution >= 0.6 is 0 Å². The van der Waals surface area contributed by atoms with Crippen molar-refractivity contribution in [1.82, 2.24) is 4.90 Å². The van der Waals surface area contributed by atoms with Gasteiger partial charge in [-0.2, -0.15) is 0 Å². The van der Waals surface area contributed by atoms with Crippen LogP contribution < -0.4 is 0 Å². The minimum absolute atomic E-state index is 0.0783. The molecule has 1 aliphatic heterocycles. The lowest BCUT2D eigenvalue weighted by atomic mass is 9.95. The van der Waals surface area contributed by atoms with Gasteiger partial charge in [0.15, 0.2) is 0 Å². The molecule has 0 saturated carbocycles. The summed E-state index contributed by atoms with van der Waals surface area (Å²) in [6.45, 7) is 5.00. The first kappa shape index (κ1) is 13.0. The summed E-state index contributed by atoms with van der Waals surface area (Å²) in [5.74, 6) is 0.325. The van der Waals surface area contributed by atoms with Gasteiger partial charge >= 0.3 is 6.09 Å². The lowest BCUT2D eigenvalue weighted by Crippen LogP contribution is -2.32. The Morgan fingerprint density at radius 3 is 2.75 bits per heavy atom. The summed E-state index contributed by atoms with van der Waals surface area (Å²) in [6.07, 6.45) is 4.37. The molecule has 4 nitrogen and oxygen atoms in total. The van der Waals surface area contributed by atoms with E-state index in [1.807, 2.05) is 0 Å². The highest BCUT2D eigenvalue weighted by Gasteiger charge is 2.29. The lowest BCUT2D eigenvalue weighted by Gasteiger charge is -2.16. The van der Waals surface area contributed by atoms with Crippen LogP contribution in [0.1, 0.15) is 46.0 Å². The van der Waals surface area contributed by atoms with Gasteiger partial charge in [0.05, 0.1) is 6.54 Å². The zero-order valence-corrected chi connectivity index (χ0v) is 10.2. The quantitative estimate of drug-likeness (QED) is 0.700. The van der Waals surface area contributed by atoms with Crippen LogP contribution in [0, 0.1) is 5.92 Å². The third-order valence-electron chi connectivity index (χ3n) is 3.07. The van der Waals surface area contributed by atoms with Crippen LogP contribution in [0.3, 0.4) is 0 Å². The Balaban J connectivity index is 2.38. The third-order valence-corrected chi connectivity index (χ3v) is 3.07. The smallest absolute Gasteiger partial charge is 0.416 e. The van der Waals surface area contributed by atoms with Crippen molar-refractivity contribution in [2.45, 2.75) is 46.0 Å². The first-order chi connectivity index (χ1) is 7.69. The van der Waals surface area contributed by atoms with Gasteiger partial charge in [-0.15, -0.1) is 0 Å². The zero-order valence-electron chi connectivity index (χ0n) is 10.2. The first-order valence-electron chi connectivity index (χ1n) is 6.16. The minimum Gasteiger partial charge on any atom is -0.447 e. The molecular weight excluding hydrogens is 206 g/mol. The summed E-state index contributed by atoms with van der Waals surface area (Å²) in [4.78, 5) is 24.2. The van der Waals surface area contributed by atoms with Gasteiger partial charge < -0.3 is 4.74 Å². The van der Waals surface area contributed by atoms with Gasteiger partial charge in [-0.3, -0.25) is 4.79 Å². The third kappa shape index (κ3) is 3.51. The monoisotopic (exact) mass is 227 g/mol. The van der Waals surface area contributed by atoms with Crippen molar-refractivity contribution < 1.29 is 14.3 Å². The van der Waals surface area contributed by atoms with Crippen LogP contribution in [-0.2, 0) is 9.53 Å². The summed E-state index contributed by atoms with van der Waals surface area (Å²) in [6, 6.07) is 0. The molecule has 0 aromatic rings. The molecule has 0 N–H and O–H groups in total. The highest BCUT2D eigenvalue weighted by Crippen LogP contribution is 2.19. The summed E-state index contributed by atoms with van der Waals surface area (Å²) < 4.78 is 4.75. The number of carbonyl (C=O) groups is 2. The number of carbonyl (C=O) groups excluding carboxylic acids is 2. The highest BCUT2D eigenvalue weighted by atomic mass is 16.6. The molecule has 92 valence electrons. The molecule has 2 amide bonds.